The van der Waals surface area contributed by atoms with E-state index in [1.807, 2.05) is 12.1 Å². The Morgan fingerprint density at radius 2 is 2.32 bits per heavy atom. The van der Waals surface area contributed by atoms with Crippen molar-refractivity contribution in [2.24, 2.45) is 5.92 Å². The second-order valence-electron chi connectivity index (χ2n) is 4.54. The van der Waals surface area contributed by atoms with Gasteiger partial charge in [-0.2, -0.15) is 4.98 Å². The van der Waals surface area contributed by atoms with E-state index in [-0.39, 0.29) is 5.92 Å². The third-order valence-electron chi connectivity index (χ3n) is 3.39. The van der Waals surface area contributed by atoms with Crippen LogP contribution in [0, 0.1) is 5.92 Å². The number of thiophene rings is 1. The van der Waals surface area contributed by atoms with Gasteiger partial charge in [-0.15, -0.1) is 11.3 Å². The van der Waals surface area contributed by atoms with Crippen molar-refractivity contribution in [2.45, 2.75) is 25.2 Å². The van der Waals surface area contributed by atoms with Crippen LogP contribution in [0.1, 0.15) is 31.1 Å². The van der Waals surface area contributed by atoms with Crippen LogP contribution in [0.2, 0.25) is 0 Å². The van der Waals surface area contributed by atoms with Crippen molar-refractivity contribution in [3.05, 3.63) is 21.8 Å². The number of carbonyl (C=O) groups is 1. The first-order valence-electron chi connectivity index (χ1n) is 5.97. The fourth-order valence-corrected chi connectivity index (χ4v) is 3.78. The number of hydrogen-bond donors (Lipinski definition) is 1. The van der Waals surface area contributed by atoms with Gasteiger partial charge in [-0.25, -0.2) is 0 Å². The number of aliphatic carboxylic acids is 1. The van der Waals surface area contributed by atoms with Gasteiger partial charge in [0.05, 0.1) is 20.5 Å². The molecule has 0 radical (unpaired) electrons. The van der Waals surface area contributed by atoms with E-state index >= 15 is 0 Å². The average Bonchev–Trinajstić information content (AvgIpc) is 3.07. The molecule has 2 aromatic rings. The minimum Gasteiger partial charge on any atom is -0.481 e. The predicted molar refractivity (Wildman–Crippen MR) is 73.0 cm³/mol. The molecule has 0 saturated heterocycles. The van der Waals surface area contributed by atoms with Crippen molar-refractivity contribution in [1.29, 1.82) is 0 Å². The third kappa shape index (κ3) is 2.44. The van der Waals surface area contributed by atoms with Crippen LogP contribution in [0.15, 0.2) is 20.4 Å². The number of halogens is 1. The van der Waals surface area contributed by atoms with Crippen LogP contribution in [0.4, 0.5) is 0 Å². The lowest BCUT2D eigenvalue weighted by Crippen LogP contribution is -2.16. The highest BCUT2D eigenvalue weighted by Crippen LogP contribution is 2.40. The maximum atomic E-state index is 11.2. The van der Waals surface area contributed by atoms with Crippen LogP contribution in [-0.4, -0.2) is 21.2 Å². The van der Waals surface area contributed by atoms with Crippen molar-refractivity contribution >= 4 is 33.2 Å². The predicted octanol–water partition coefficient (Wildman–Crippen LogP) is 3.53. The van der Waals surface area contributed by atoms with E-state index in [4.69, 9.17) is 4.52 Å². The van der Waals surface area contributed by atoms with E-state index in [9.17, 15) is 9.90 Å². The maximum absolute atomic E-state index is 11.2. The first-order valence-corrected chi connectivity index (χ1v) is 7.58. The van der Waals surface area contributed by atoms with Crippen LogP contribution < -0.4 is 0 Å². The third-order valence-corrected chi connectivity index (χ3v) is 5.01. The molecule has 1 saturated carbocycles. The fourth-order valence-electron chi connectivity index (χ4n) is 2.47. The Morgan fingerprint density at radius 1 is 1.47 bits per heavy atom. The molecular formula is C12H11BrN2O3S. The molecule has 7 heteroatoms. The van der Waals surface area contributed by atoms with E-state index in [0.29, 0.717) is 18.1 Å². The molecule has 1 fully saturated rings. The van der Waals surface area contributed by atoms with E-state index in [2.05, 4.69) is 26.1 Å². The summed E-state index contributed by atoms with van der Waals surface area (Å²) in [5, 5.41) is 13.1. The number of hydrogen-bond acceptors (Lipinski definition) is 5. The molecule has 1 aliphatic rings. The van der Waals surface area contributed by atoms with Gasteiger partial charge in [-0.3, -0.25) is 4.79 Å². The van der Waals surface area contributed by atoms with E-state index < -0.39 is 11.9 Å². The standard InChI is InChI=1S/C12H11BrN2O3S/c13-9-5-4-8(19-9)10-14-11(18-15-10)6-2-1-3-7(6)12(16)17/h4-7H,1-3H2,(H,16,17). The first kappa shape index (κ1) is 12.8. The molecule has 5 nitrogen and oxygen atoms in total. The lowest BCUT2D eigenvalue weighted by molar-refractivity contribution is -0.142. The summed E-state index contributed by atoms with van der Waals surface area (Å²) >= 11 is 4.90. The minimum absolute atomic E-state index is 0.151. The lowest BCUT2D eigenvalue weighted by atomic mass is 9.96. The molecule has 100 valence electrons. The van der Waals surface area contributed by atoms with Crippen LogP contribution in [0.5, 0.6) is 0 Å². The smallest absolute Gasteiger partial charge is 0.307 e. The molecule has 2 unspecified atom stereocenters. The zero-order valence-electron chi connectivity index (χ0n) is 9.88. The number of carboxylic acids is 1. The van der Waals surface area contributed by atoms with Crippen LogP contribution in [0.3, 0.4) is 0 Å². The Kier molecular flexibility index (Phi) is 3.40. The monoisotopic (exact) mass is 342 g/mol. The molecule has 2 aromatic heterocycles. The van der Waals surface area contributed by atoms with Crippen molar-refractivity contribution in [2.75, 3.05) is 0 Å². The van der Waals surface area contributed by atoms with Gasteiger partial charge in [0, 0.05) is 0 Å². The molecule has 2 atom stereocenters. The van der Waals surface area contributed by atoms with E-state index in [1.165, 1.54) is 11.3 Å². The quantitative estimate of drug-likeness (QED) is 0.923. The zero-order chi connectivity index (χ0) is 13.4. The molecule has 0 amide bonds. The molecule has 1 aliphatic carbocycles. The topological polar surface area (TPSA) is 76.2 Å². The molecular weight excluding hydrogens is 332 g/mol. The van der Waals surface area contributed by atoms with Crippen LogP contribution in [0.25, 0.3) is 10.7 Å². The van der Waals surface area contributed by atoms with Gasteiger partial charge in [0.25, 0.3) is 0 Å². The molecule has 2 heterocycles. The number of carboxylic acid groups (broad SMARTS) is 1. The highest BCUT2D eigenvalue weighted by molar-refractivity contribution is 9.11. The summed E-state index contributed by atoms with van der Waals surface area (Å²) in [6.07, 6.45) is 2.37. The second-order valence-corrected chi connectivity index (χ2v) is 7.01. The molecule has 3 rings (SSSR count). The SMILES string of the molecule is O=C(O)C1CCCC1c1nc(-c2ccc(Br)s2)no1. The van der Waals surface area contributed by atoms with Gasteiger partial charge in [0.1, 0.15) is 0 Å². The summed E-state index contributed by atoms with van der Waals surface area (Å²) in [7, 11) is 0. The maximum Gasteiger partial charge on any atom is 0.307 e. The van der Waals surface area contributed by atoms with Gasteiger partial charge in [-0.1, -0.05) is 11.6 Å². The Morgan fingerprint density at radius 3 is 3.00 bits per heavy atom. The van der Waals surface area contributed by atoms with Gasteiger partial charge < -0.3 is 9.63 Å². The summed E-state index contributed by atoms with van der Waals surface area (Å²) in [6.45, 7) is 0. The second kappa shape index (κ2) is 5.05. The highest BCUT2D eigenvalue weighted by Gasteiger charge is 2.37. The largest absolute Gasteiger partial charge is 0.481 e. The molecule has 19 heavy (non-hydrogen) atoms. The van der Waals surface area contributed by atoms with Gasteiger partial charge in [0.15, 0.2) is 0 Å². The van der Waals surface area contributed by atoms with Crippen molar-refractivity contribution in [3.63, 3.8) is 0 Å². The van der Waals surface area contributed by atoms with Gasteiger partial charge in [0.2, 0.25) is 11.7 Å². The van der Waals surface area contributed by atoms with Gasteiger partial charge >= 0.3 is 5.97 Å². The average molecular weight is 343 g/mol. The van der Waals surface area contributed by atoms with Crippen molar-refractivity contribution in [3.8, 4) is 10.7 Å². The normalized spacial score (nSPS) is 22.8. The zero-order valence-corrected chi connectivity index (χ0v) is 12.3. The molecule has 1 N–H and O–H groups in total. The first-order chi connectivity index (χ1) is 9.15. The Balaban J connectivity index is 1.87. The van der Waals surface area contributed by atoms with E-state index in [0.717, 1.165) is 21.5 Å². The summed E-state index contributed by atoms with van der Waals surface area (Å²) in [5.74, 6) is -0.349. The Bertz CT molecular complexity index is 610. The Labute approximate surface area is 121 Å². The summed E-state index contributed by atoms with van der Waals surface area (Å²) in [4.78, 5) is 16.4. The van der Waals surface area contributed by atoms with Crippen LogP contribution in [-0.2, 0) is 4.79 Å². The number of nitrogens with zero attached hydrogens (tertiary/aromatic N) is 2. The van der Waals surface area contributed by atoms with Crippen LogP contribution >= 0.6 is 27.3 Å². The highest BCUT2D eigenvalue weighted by atomic mass is 79.9. The summed E-state index contributed by atoms with van der Waals surface area (Å²) in [6, 6.07) is 3.83. The fraction of sp³-hybridized carbons (Fsp3) is 0.417. The number of aromatic nitrogens is 2. The van der Waals surface area contributed by atoms with Crippen molar-refractivity contribution < 1.29 is 14.4 Å². The number of rotatable bonds is 3. The summed E-state index contributed by atoms with van der Waals surface area (Å²) in [5.41, 5.74) is 0. The summed E-state index contributed by atoms with van der Waals surface area (Å²) < 4.78 is 6.26. The molecule has 0 spiro atoms. The molecule has 0 aliphatic heterocycles. The Hall–Kier alpha value is -1.21. The van der Waals surface area contributed by atoms with Gasteiger partial charge in [-0.05, 0) is 40.9 Å². The van der Waals surface area contributed by atoms with Crippen molar-refractivity contribution in [1.82, 2.24) is 10.1 Å². The van der Waals surface area contributed by atoms with E-state index in [1.54, 1.807) is 0 Å². The molecule has 0 aromatic carbocycles. The minimum atomic E-state index is -0.777. The lowest BCUT2D eigenvalue weighted by Gasteiger charge is -2.09. The molecule has 0 bridgehead atoms.